The van der Waals surface area contributed by atoms with E-state index in [1.165, 1.54) is 12.1 Å². The number of anilines is 1. The van der Waals surface area contributed by atoms with Crippen LogP contribution in [0.5, 0.6) is 0 Å². The molecular weight excluding hydrogens is 423 g/mol. The van der Waals surface area contributed by atoms with Crippen molar-refractivity contribution < 1.29 is 18.8 Å². The maximum Gasteiger partial charge on any atom is 0.253 e. The molecule has 0 unspecified atom stereocenters. The second-order valence-corrected chi connectivity index (χ2v) is 8.66. The molecule has 1 fully saturated rings. The predicted octanol–water partition coefficient (Wildman–Crippen LogP) is 3.47. The monoisotopic (exact) mass is 450 g/mol. The van der Waals surface area contributed by atoms with Crippen LogP contribution in [0.3, 0.4) is 0 Å². The Morgan fingerprint density at radius 2 is 2.00 bits per heavy atom. The zero-order valence-electron chi connectivity index (χ0n) is 18.7. The number of nitrogens with zero attached hydrogens (tertiary/aromatic N) is 1. The summed E-state index contributed by atoms with van der Waals surface area (Å²) in [7, 11) is 0. The quantitative estimate of drug-likeness (QED) is 0.514. The minimum atomic E-state index is -0.501. The topological polar surface area (TPSA) is 94.3 Å². The number of hydrogen-bond acceptors (Lipinski definition) is 3. The number of aromatic amines is 1. The molecular formula is C25H27FN4O3. The van der Waals surface area contributed by atoms with E-state index in [1.54, 1.807) is 35.2 Å². The van der Waals surface area contributed by atoms with Crippen molar-refractivity contribution in [1.82, 2.24) is 15.2 Å². The van der Waals surface area contributed by atoms with Crippen LogP contribution in [0.15, 0.2) is 48.7 Å². The molecule has 1 atom stereocenters. The Hall–Kier alpha value is -3.68. The zero-order chi connectivity index (χ0) is 23.5. The van der Waals surface area contributed by atoms with Crippen molar-refractivity contribution >= 4 is 34.3 Å². The van der Waals surface area contributed by atoms with Crippen molar-refractivity contribution in [2.24, 2.45) is 5.92 Å². The number of para-hydroxylation sites is 1. The van der Waals surface area contributed by atoms with Gasteiger partial charge in [-0.25, -0.2) is 4.39 Å². The number of carbonyl (C=O) groups excluding carboxylic acids is 3. The number of rotatable bonds is 7. The maximum absolute atomic E-state index is 13.6. The van der Waals surface area contributed by atoms with Gasteiger partial charge in [-0.2, -0.15) is 0 Å². The highest BCUT2D eigenvalue weighted by Crippen LogP contribution is 2.24. The van der Waals surface area contributed by atoms with Gasteiger partial charge in [0.25, 0.3) is 5.91 Å². The average molecular weight is 451 g/mol. The summed E-state index contributed by atoms with van der Waals surface area (Å²) in [6, 6.07) is 11.4. The molecule has 7 nitrogen and oxygen atoms in total. The molecule has 1 saturated heterocycles. The van der Waals surface area contributed by atoms with Crippen LogP contribution in [0.1, 0.15) is 36.2 Å². The smallest absolute Gasteiger partial charge is 0.253 e. The molecule has 8 heteroatoms. The Morgan fingerprint density at radius 1 is 1.21 bits per heavy atom. The largest absolute Gasteiger partial charge is 0.361 e. The lowest BCUT2D eigenvalue weighted by Gasteiger charge is -2.17. The van der Waals surface area contributed by atoms with Crippen molar-refractivity contribution in [2.45, 2.75) is 32.7 Å². The van der Waals surface area contributed by atoms with E-state index in [9.17, 15) is 18.8 Å². The average Bonchev–Trinajstić information content (AvgIpc) is 3.34. The molecule has 0 saturated carbocycles. The van der Waals surface area contributed by atoms with Crippen molar-refractivity contribution in [2.75, 3.05) is 18.4 Å². The van der Waals surface area contributed by atoms with E-state index >= 15 is 0 Å². The first-order valence-electron chi connectivity index (χ1n) is 11.1. The number of hydrogen-bond donors (Lipinski definition) is 3. The molecule has 33 heavy (non-hydrogen) atoms. The SMILES string of the molecule is CC(C)NC(=O)c1ccccc1NC(=O)[C@@H]1CC(=O)N(CCc2c[nH]c3ccc(F)cc23)C1. The van der Waals surface area contributed by atoms with E-state index in [2.05, 4.69) is 15.6 Å². The van der Waals surface area contributed by atoms with Gasteiger partial charge in [0.2, 0.25) is 11.8 Å². The highest BCUT2D eigenvalue weighted by atomic mass is 19.1. The normalized spacial score (nSPS) is 15.9. The number of halogens is 1. The van der Waals surface area contributed by atoms with E-state index in [-0.39, 0.29) is 36.0 Å². The van der Waals surface area contributed by atoms with Crippen LogP contribution >= 0.6 is 0 Å². The number of H-pyrrole nitrogens is 1. The van der Waals surface area contributed by atoms with E-state index in [0.717, 1.165) is 16.5 Å². The molecule has 2 heterocycles. The third-order valence-corrected chi connectivity index (χ3v) is 5.82. The molecule has 2 aromatic carbocycles. The maximum atomic E-state index is 13.6. The molecule has 172 valence electrons. The van der Waals surface area contributed by atoms with Crippen molar-refractivity contribution in [1.29, 1.82) is 0 Å². The van der Waals surface area contributed by atoms with Crippen LogP contribution in [0.2, 0.25) is 0 Å². The van der Waals surface area contributed by atoms with Crippen LogP contribution < -0.4 is 10.6 Å². The molecule has 0 bridgehead atoms. The number of likely N-dealkylation sites (tertiary alicyclic amines) is 1. The fraction of sp³-hybridized carbons (Fsp3) is 0.320. The third-order valence-electron chi connectivity index (χ3n) is 5.82. The Balaban J connectivity index is 1.39. The molecule has 0 radical (unpaired) electrons. The second kappa shape index (κ2) is 9.44. The van der Waals surface area contributed by atoms with Crippen LogP contribution in [0, 0.1) is 11.7 Å². The first-order chi connectivity index (χ1) is 15.8. The second-order valence-electron chi connectivity index (χ2n) is 8.66. The summed E-state index contributed by atoms with van der Waals surface area (Å²) in [5.41, 5.74) is 2.58. The summed E-state index contributed by atoms with van der Waals surface area (Å²) >= 11 is 0. The van der Waals surface area contributed by atoms with Crippen LogP contribution in [0.25, 0.3) is 10.9 Å². The van der Waals surface area contributed by atoms with E-state index in [0.29, 0.717) is 30.8 Å². The van der Waals surface area contributed by atoms with Gasteiger partial charge in [0.15, 0.2) is 0 Å². The van der Waals surface area contributed by atoms with Gasteiger partial charge < -0.3 is 20.5 Å². The number of nitrogens with one attached hydrogen (secondary N) is 3. The summed E-state index contributed by atoms with van der Waals surface area (Å²) in [6.45, 7) is 4.48. The number of benzene rings is 2. The van der Waals surface area contributed by atoms with Gasteiger partial charge in [-0.3, -0.25) is 14.4 Å². The van der Waals surface area contributed by atoms with E-state index in [1.807, 2.05) is 20.0 Å². The summed E-state index contributed by atoms with van der Waals surface area (Å²) in [4.78, 5) is 42.6. The van der Waals surface area contributed by atoms with Crippen LogP contribution in [0.4, 0.5) is 10.1 Å². The highest BCUT2D eigenvalue weighted by molar-refractivity contribution is 6.05. The summed E-state index contributed by atoms with van der Waals surface area (Å²) in [5, 5.41) is 6.44. The lowest BCUT2D eigenvalue weighted by atomic mass is 10.1. The number of carbonyl (C=O) groups is 3. The first-order valence-corrected chi connectivity index (χ1v) is 11.1. The fourth-order valence-electron chi connectivity index (χ4n) is 4.14. The minimum absolute atomic E-state index is 0.0316. The molecule has 4 rings (SSSR count). The summed E-state index contributed by atoms with van der Waals surface area (Å²) < 4.78 is 13.6. The number of amides is 3. The van der Waals surface area contributed by atoms with Gasteiger partial charge >= 0.3 is 0 Å². The minimum Gasteiger partial charge on any atom is -0.361 e. The lowest BCUT2D eigenvalue weighted by Crippen LogP contribution is -2.32. The molecule has 3 amide bonds. The lowest BCUT2D eigenvalue weighted by molar-refractivity contribution is -0.128. The Morgan fingerprint density at radius 3 is 2.79 bits per heavy atom. The van der Waals surface area contributed by atoms with Gasteiger partial charge in [0, 0.05) is 42.7 Å². The van der Waals surface area contributed by atoms with Crippen molar-refractivity contribution in [3.05, 3.63) is 65.6 Å². The molecule has 1 aliphatic rings. The van der Waals surface area contributed by atoms with E-state index in [4.69, 9.17) is 0 Å². The van der Waals surface area contributed by atoms with Crippen LogP contribution in [-0.2, 0) is 16.0 Å². The molecule has 0 aliphatic carbocycles. The van der Waals surface area contributed by atoms with Gasteiger partial charge in [0.1, 0.15) is 5.82 Å². The zero-order valence-corrected chi connectivity index (χ0v) is 18.7. The third kappa shape index (κ3) is 5.05. The summed E-state index contributed by atoms with van der Waals surface area (Å²) in [5.74, 6) is -1.45. The Kier molecular flexibility index (Phi) is 6.44. The Labute approximate surface area is 191 Å². The molecule has 3 aromatic rings. The van der Waals surface area contributed by atoms with Gasteiger partial charge in [-0.05, 0) is 56.2 Å². The van der Waals surface area contributed by atoms with Crippen molar-refractivity contribution in [3.8, 4) is 0 Å². The van der Waals surface area contributed by atoms with Gasteiger partial charge in [-0.15, -0.1) is 0 Å². The van der Waals surface area contributed by atoms with Crippen molar-refractivity contribution in [3.63, 3.8) is 0 Å². The summed E-state index contributed by atoms with van der Waals surface area (Å²) in [6.07, 6.45) is 2.50. The van der Waals surface area contributed by atoms with Gasteiger partial charge in [0.05, 0.1) is 17.2 Å². The number of fused-ring (bicyclic) bond motifs is 1. The highest BCUT2D eigenvalue weighted by Gasteiger charge is 2.34. The molecule has 1 aromatic heterocycles. The predicted molar refractivity (Wildman–Crippen MR) is 124 cm³/mol. The standard InChI is InChI=1S/C25H27FN4O3/c1-15(2)28-25(33)19-5-3-4-6-22(19)29-24(32)17-11-23(31)30(14-17)10-9-16-13-27-21-8-7-18(26)12-20(16)21/h3-8,12-13,15,17,27H,9-11,14H2,1-2H3,(H,28,33)(H,29,32)/t17-/m1/s1. The van der Waals surface area contributed by atoms with Gasteiger partial charge in [-0.1, -0.05) is 12.1 Å². The van der Waals surface area contributed by atoms with E-state index < -0.39 is 5.92 Å². The molecule has 0 spiro atoms. The van der Waals surface area contributed by atoms with Crippen LogP contribution in [-0.4, -0.2) is 46.7 Å². The molecule has 1 aliphatic heterocycles. The first kappa shape index (κ1) is 22.5. The number of aromatic nitrogens is 1. The molecule has 3 N–H and O–H groups in total. The fourth-order valence-corrected chi connectivity index (χ4v) is 4.14. The Bertz CT molecular complexity index is 1200.